The standard InChI is InChI=1S/C13H11F3N2S/c1-2-10-7-11(19)18-12(17-10)8-4-3-5-9(6-8)13(14,15)16/h3-7H,2H2,1H3,(H,17,18,19). The molecule has 1 heterocycles. The van der Waals surface area contributed by atoms with E-state index in [0.717, 1.165) is 17.8 Å². The fraction of sp³-hybridized carbons (Fsp3) is 0.231. The van der Waals surface area contributed by atoms with Gasteiger partial charge < -0.3 is 4.98 Å². The summed E-state index contributed by atoms with van der Waals surface area (Å²) in [6.07, 6.45) is -3.66. The Morgan fingerprint density at radius 3 is 2.63 bits per heavy atom. The lowest BCUT2D eigenvalue weighted by Crippen LogP contribution is -2.05. The fourth-order valence-electron chi connectivity index (χ4n) is 1.68. The molecule has 2 rings (SSSR count). The van der Waals surface area contributed by atoms with Crippen LogP contribution in [0, 0.1) is 4.64 Å². The largest absolute Gasteiger partial charge is 0.416 e. The van der Waals surface area contributed by atoms with Crippen molar-refractivity contribution >= 4 is 12.2 Å². The van der Waals surface area contributed by atoms with Crippen molar-refractivity contribution in [3.63, 3.8) is 0 Å². The summed E-state index contributed by atoms with van der Waals surface area (Å²) in [4.78, 5) is 7.05. The molecule has 2 aromatic rings. The topological polar surface area (TPSA) is 28.7 Å². The quantitative estimate of drug-likeness (QED) is 0.829. The monoisotopic (exact) mass is 284 g/mol. The molecule has 1 N–H and O–H groups in total. The molecule has 0 bridgehead atoms. The highest BCUT2D eigenvalue weighted by molar-refractivity contribution is 7.71. The summed E-state index contributed by atoms with van der Waals surface area (Å²) < 4.78 is 38.3. The van der Waals surface area contributed by atoms with Gasteiger partial charge in [-0.1, -0.05) is 31.3 Å². The van der Waals surface area contributed by atoms with Crippen LogP contribution in [-0.2, 0) is 12.6 Å². The number of H-pyrrole nitrogens is 1. The minimum atomic E-state index is -4.37. The molecule has 19 heavy (non-hydrogen) atoms. The van der Waals surface area contributed by atoms with Gasteiger partial charge in [0.2, 0.25) is 0 Å². The predicted octanol–water partition coefficient (Wildman–Crippen LogP) is 4.39. The van der Waals surface area contributed by atoms with E-state index in [9.17, 15) is 13.2 Å². The van der Waals surface area contributed by atoms with Crippen molar-refractivity contribution in [2.75, 3.05) is 0 Å². The SMILES string of the molecule is CCc1cc(=S)nc(-c2cccc(C(F)(F)F)c2)[nH]1. The van der Waals surface area contributed by atoms with Gasteiger partial charge in [0.1, 0.15) is 10.5 Å². The van der Waals surface area contributed by atoms with E-state index in [0.29, 0.717) is 22.4 Å². The van der Waals surface area contributed by atoms with Crippen LogP contribution in [-0.4, -0.2) is 9.97 Å². The minimum absolute atomic E-state index is 0.357. The maximum atomic E-state index is 12.7. The molecule has 0 unspecified atom stereocenters. The van der Waals surface area contributed by atoms with Gasteiger partial charge in [-0.05, 0) is 24.6 Å². The number of halogens is 3. The van der Waals surface area contributed by atoms with E-state index < -0.39 is 11.7 Å². The zero-order valence-corrected chi connectivity index (χ0v) is 10.9. The molecule has 0 aliphatic carbocycles. The van der Waals surface area contributed by atoms with Gasteiger partial charge in [-0.25, -0.2) is 4.98 Å². The van der Waals surface area contributed by atoms with Gasteiger partial charge in [-0.3, -0.25) is 0 Å². The average Bonchev–Trinajstić information content (AvgIpc) is 2.37. The number of aromatic nitrogens is 2. The van der Waals surface area contributed by atoms with E-state index in [4.69, 9.17) is 12.2 Å². The minimum Gasteiger partial charge on any atom is -0.343 e. The van der Waals surface area contributed by atoms with Crippen LogP contribution in [0.15, 0.2) is 30.3 Å². The van der Waals surface area contributed by atoms with Crippen molar-refractivity contribution in [3.05, 3.63) is 46.2 Å². The molecule has 1 aromatic heterocycles. The molecule has 0 atom stereocenters. The van der Waals surface area contributed by atoms with E-state index >= 15 is 0 Å². The Hall–Kier alpha value is -1.69. The fourth-order valence-corrected chi connectivity index (χ4v) is 1.91. The lowest BCUT2D eigenvalue weighted by atomic mass is 10.1. The van der Waals surface area contributed by atoms with Crippen LogP contribution in [0.3, 0.4) is 0 Å². The number of rotatable bonds is 2. The van der Waals surface area contributed by atoms with E-state index in [1.807, 2.05) is 6.92 Å². The van der Waals surface area contributed by atoms with Crippen LogP contribution in [0.2, 0.25) is 0 Å². The van der Waals surface area contributed by atoms with Crippen LogP contribution in [0.25, 0.3) is 11.4 Å². The third kappa shape index (κ3) is 3.20. The van der Waals surface area contributed by atoms with E-state index in [2.05, 4.69) is 9.97 Å². The molecule has 6 heteroatoms. The molecule has 0 radical (unpaired) electrons. The number of benzene rings is 1. The normalized spacial score (nSPS) is 11.6. The maximum Gasteiger partial charge on any atom is 0.416 e. The van der Waals surface area contributed by atoms with E-state index in [-0.39, 0.29) is 0 Å². The second-order valence-electron chi connectivity index (χ2n) is 4.03. The third-order valence-electron chi connectivity index (χ3n) is 2.64. The molecule has 0 spiro atoms. The van der Waals surface area contributed by atoms with Crippen molar-refractivity contribution in [1.82, 2.24) is 9.97 Å². The van der Waals surface area contributed by atoms with Crippen LogP contribution in [0.4, 0.5) is 13.2 Å². The Balaban J connectivity index is 2.53. The number of hydrogen-bond donors (Lipinski definition) is 1. The van der Waals surface area contributed by atoms with Crippen molar-refractivity contribution in [3.8, 4) is 11.4 Å². The smallest absolute Gasteiger partial charge is 0.343 e. The lowest BCUT2D eigenvalue weighted by Gasteiger charge is -2.09. The van der Waals surface area contributed by atoms with Crippen LogP contribution in [0.5, 0.6) is 0 Å². The first-order valence-corrected chi connectivity index (χ1v) is 6.09. The summed E-state index contributed by atoms with van der Waals surface area (Å²) in [5, 5.41) is 0. The summed E-state index contributed by atoms with van der Waals surface area (Å²) in [6, 6.07) is 6.72. The number of hydrogen-bond acceptors (Lipinski definition) is 2. The Labute approximate surface area is 113 Å². The summed E-state index contributed by atoms with van der Waals surface area (Å²) in [5.74, 6) is 0.357. The van der Waals surface area contributed by atoms with Gasteiger partial charge in [-0.15, -0.1) is 0 Å². The van der Waals surface area contributed by atoms with Crippen LogP contribution >= 0.6 is 12.2 Å². The molecule has 1 aromatic carbocycles. The highest BCUT2D eigenvalue weighted by atomic mass is 32.1. The maximum absolute atomic E-state index is 12.7. The lowest BCUT2D eigenvalue weighted by molar-refractivity contribution is -0.137. The third-order valence-corrected chi connectivity index (χ3v) is 2.85. The molecule has 0 aliphatic rings. The van der Waals surface area contributed by atoms with Crippen molar-refractivity contribution in [2.45, 2.75) is 19.5 Å². The first-order valence-electron chi connectivity index (χ1n) is 5.68. The second kappa shape index (κ2) is 5.13. The van der Waals surface area contributed by atoms with Gasteiger partial charge in [-0.2, -0.15) is 13.2 Å². The van der Waals surface area contributed by atoms with Gasteiger partial charge in [0.25, 0.3) is 0 Å². The highest BCUT2D eigenvalue weighted by Gasteiger charge is 2.30. The number of nitrogens with one attached hydrogen (secondary N) is 1. The number of alkyl halides is 3. The van der Waals surface area contributed by atoms with E-state index in [1.165, 1.54) is 6.07 Å². The Bertz CT molecular complexity index is 647. The number of nitrogens with zero attached hydrogens (tertiary/aromatic N) is 1. The molecule has 0 amide bonds. The number of aryl methyl sites for hydroxylation is 1. The van der Waals surface area contributed by atoms with Crippen molar-refractivity contribution in [1.29, 1.82) is 0 Å². The molecular formula is C13H11F3N2S. The van der Waals surface area contributed by atoms with Gasteiger partial charge >= 0.3 is 6.18 Å². The van der Waals surface area contributed by atoms with Gasteiger partial charge in [0.15, 0.2) is 0 Å². The zero-order valence-electron chi connectivity index (χ0n) is 10.1. The average molecular weight is 284 g/mol. The molecule has 0 saturated heterocycles. The second-order valence-corrected chi connectivity index (χ2v) is 4.44. The summed E-state index contributed by atoms with van der Waals surface area (Å²) in [7, 11) is 0. The van der Waals surface area contributed by atoms with Crippen LogP contribution < -0.4 is 0 Å². The molecule has 0 aliphatic heterocycles. The van der Waals surface area contributed by atoms with Crippen molar-refractivity contribution < 1.29 is 13.2 Å². The first kappa shape index (κ1) is 13.7. The van der Waals surface area contributed by atoms with Crippen molar-refractivity contribution in [2.24, 2.45) is 0 Å². The predicted molar refractivity (Wildman–Crippen MR) is 69.2 cm³/mol. The molecule has 100 valence electrons. The summed E-state index contributed by atoms with van der Waals surface area (Å²) in [6.45, 7) is 1.93. The van der Waals surface area contributed by atoms with Gasteiger partial charge in [0.05, 0.1) is 5.56 Å². The Kier molecular flexibility index (Phi) is 3.71. The molecular weight excluding hydrogens is 273 g/mol. The molecule has 0 fully saturated rings. The summed E-state index contributed by atoms with van der Waals surface area (Å²) in [5.41, 5.74) is 0.511. The van der Waals surface area contributed by atoms with Crippen LogP contribution in [0.1, 0.15) is 18.2 Å². The zero-order chi connectivity index (χ0) is 14.0. The summed E-state index contributed by atoms with van der Waals surface area (Å²) >= 11 is 5.01. The highest BCUT2D eigenvalue weighted by Crippen LogP contribution is 2.31. The first-order chi connectivity index (χ1) is 8.90. The Morgan fingerprint density at radius 2 is 2.00 bits per heavy atom. The number of aromatic amines is 1. The molecule has 2 nitrogen and oxygen atoms in total. The van der Waals surface area contributed by atoms with Gasteiger partial charge in [0, 0.05) is 11.3 Å². The molecule has 0 saturated carbocycles. The Morgan fingerprint density at radius 1 is 1.26 bits per heavy atom. The van der Waals surface area contributed by atoms with E-state index in [1.54, 1.807) is 12.1 Å².